The molecule has 5 nitrogen and oxygen atoms in total. The second kappa shape index (κ2) is 10.1. The van der Waals surface area contributed by atoms with E-state index in [4.69, 9.17) is 16.3 Å². The van der Waals surface area contributed by atoms with Crippen molar-refractivity contribution in [1.29, 1.82) is 0 Å². The summed E-state index contributed by atoms with van der Waals surface area (Å²) in [6.45, 7) is 9.95. The van der Waals surface area contributed by atoms with Gasteiger partial charge in [0.1, 0.15) is 5.15 Å². The molecule has 1 aromatic carbocycles. The van der Waals surface area contributed by atoms with Crippen molar-refractivity contribution in [2.75, 3.05) is 32.8 Å². The van der Waals surface area contributed by atoms with Crippen LogP contribution >= 0.6 is 22.9 Å². The molecule has 1 aliphatic rings. The first kappa shape index (κ1) is 21.5. The van der Waals surface area contributed by atoms with E-state index in [0.717, 1.165) is 49.3 Å². The average molecular weight is 445 g/mol. The summed E-state index contributed by atoms with van der Waals surface area (Å²) in [6, 6.07) is 13.2. The van der Waals surface area contributed by atoms with Crippen molar-refractivity contribution in [2.24, 2.45) is 0 Å². The summed E-state index contributed by atoms with van der Waals surface area (Å²) in [5.74, 6) is 0. The predicted molar refractivity (Wildman–Crippen MR) is 123 cm³/mol. The van der Waals surface area contributed by atoms with Gasteiger partial charge in [0.15, 0.2) is 0 Å². The van der Waals surface area contributed by atoms with Gasteiger partial charge >= 0.3 is 0 Å². The van der Waals surface area contributed by atoms with E-state index >= 15 is 0 Å². The van der Waals surface area contributed by atoms with Crippen LogP contribution in [-0.4, -0.2) is 47.5 Å². The van der Waals surface area contributed by atoms with Crippen molar-refractivity contribution < 1.29 is 4.74 Å². The maximum absolute atomic E-state index is 6.71. The molecule has 160 valence electrons. The number of aryl methyl sites for hydroxylation is 2. The van der Waals surface area contributed by atoms with Crippen molar-refractivity contribution in [3.05, 3.63) is 74.2 Å². The molecule has 30 heavy (non-hydrogen) atoms. The quantitative estimate of drug-likeness (QED) is 0.558. The number of thiophene rings is 1. The number of hydrogen-bond donors (Lipinski definition) is 1. The molecule has 0 aliphatic carbocycles. The molecular weight excluding hydrogens is 416 g/mol. The molecule has 1 atom stereocenters. The van der Waals surface area contributed by atoms with Crippen LogP contribution in [0.4, 0.5) is 0 Å². The fourth-order valence-electron chi connectivity index (χ4n) is 3.88. The van der Waals surface area contributed by atoms with Gasteiger partial charge < -0.3 is 10.1 Å². The molecule has 0 bridgehead atoms. The number of hydrogen-bond acceptors (Lipinski definition) is 5. The lowest BCUT2D eigenvalue weighted by atomic mass is 10.1. The summed E-state index contributed by atoms with van der Waals surface area (Å²) < 4.78 is 7.44. The summed E-state index contributed by atoms with van der Waals surface area (Å²) in [6.07, 6.45) is 0. The predicted octanol–water partition coefficient (Wildman–Crippen LogP) is 4.43. The van der Waals surface area contributed by atoms with Crippen molar-refractivity contribution in [3.8, 4) is 0 Å². The van der Waals surface area contributed by atoms with E-state index in [-0.39, 0.29) is 0 Å². The molecule has 4 rings (SSSR count). The number of benzene rings is 1. The summed E-state index contributed by atoms with van der Waals surface area (Å²) in [4.78, 5) is 3.90. The van der Waals surface area contributed by atoms with Gasteiger partial charge in [-0.1, -0.05) is 47.5 Å². The number of aromatic nitrogens is 2. The zero-order valence-corrected chi connectivity index (χ0v) is 19.2. The van der Waals surface area contributed by atoms with Crippen LogP contribution in [0.3, 0.4) is 0 Å². The smallest absolute Gasteiger partial charge is 0.132 e. The van der Waals surface area contributed by atoms with Crippen molar-refractivity contribution in [2.45, 2.75) is 33.0 Å². The number of nitrogens with one attached hydrogen (secondary N) is 1. The third-order valence-corrected chi connectivity index (χ3v) is 7.03. The van der Waals surface area contributed by atoms with Crippen LogP contribution in [0.1, 0.15) is 33.3 Å². The minimum Gasteiger partial charge on any atom is -0.379 e. The van der Waals surface area contributed by atoms with Gasteiger partial charge in [0.05, 0.1) is 31.5 Å². The van der Waals surface area contributed by atoms with Gasteiger partial charge in [-0.2, -0.15) is 5.10 Å². The summed E-state index contributed by atoms with van der Waals surface area (Å²) in [5.41, 5.74) is 4.52. The molecule has 7 heteroatoms. The molecule has 0 amide bonds. The van der Waals surface area contributed by atoms with Crippen molar-refractivity contribution in [3.63, 3.8) is 0 Å². The van der Waals surface area contributed by atoms with Crippen molar-refractivity contribution >= 4 is 22.9 Å². The van der Waals surface area contributed by atoms with Crippen LogP contribution in [-0.2, 0) is 17.8 Å². The van der Waals surface area contributed by atoms with E-state index in [1.54, 1.807) is 0 Å². The lowest BCUT2D eigenvalue weighted by Gasteiger charge is -2.34. The topological polar surface area (TPSA) is 42.3 Å². The minimum atomic E-state index is 0.357. The molecule has 0 radical (unpaired) electrons. The highest BCUT2D eigenvalue weighted by molar-refractivity contribution is 7.10. The van der Waals surface area contributed by atoms with Crippen LogP contribution in [0.15, 0.2) is 41.8 Å². The Balaban J connectivity index is 1.41. The number of nitrogens with zero attached hydrogens (tertiary/aromatic N) is 3. The van der Waals surface area contributed by atoms with Gasteiger partial charge in [0, 0.05) is 36.6 Å². The number of halogens is 1. The Morgan fingerprint density at radius 2 is 1.93 bits per heavy atom. The molecule has 1 unspecified atom stereocenters. The monoisotopic (exact) mass is 444 g/mol. The van der Waals surface area contributed by atoms with Gasteiger partial charge in [-0.25, -0.2) is 4.68 Å². The van der Waals surface area contributed by atoms with Gasteiger partial charge in [0.25, 0.3) is 0 Å². The van der Waals surface area contributed by atoms with Gasteiger partial charge in [0.2, 0.25) is 0 Å². The molecule has 1 N–H and O–H groups in total. The van der Waals surface area contributed by atoms with Crippen LogP contribution < -0.4 is 5.32 Å². The van der Waals surface area contributed by atoms with Crippen LogP contribution in [0.2, 0.25) is 5.15 Å². The summed E-state index contributed by atoms with van der Waals surface area (Å²) in [7, 11) is 0. The zero-order chi connectivity index (χ0) is 20.9. The largest absolute Gasteiger partial charge is 0.379 e. The van der Waals surface area contributed by atoms with E-state index < -0.39 is 0 Å². The van der Waals surface area contributed by atoms with Gasteiger partial charge in [-0.3, -0.25) is 4.90 Å². The number of morpholine rings is 1. The number of ether oxygens (including phenoxy) is 1. The molecule has 0 spiro atoms. The van der Waals surface area contributed by atoms with Crippen LogP contribution in [0, 0.1) is 13.8 Å². The molecule has 1 saturated heterocycles. The third kappa shape index (κ3) is 5.13. The standard InChI is InChI=1S/C23H29ClN4OS/c1-17-5-7-19(8-6-17)16-28-23(24)20(18(2)26-28)14-25-15-21(22-4-3-13-30-22)27-9-11-29-12-10-27/h3-8,13,21,25H,9-12,14-16H2,1-2H3. The Bertz CT molecular complexity index is 933. The first-order valence-corrected chi connectivity index (χ1v) is 11.7. The maximum atomic E-state index is 6.71. The third-order valence-electron chi connectivity index (χ3n) is 5.63. The Labute approximate surface area is 187 Å². The van der Waals surface area contributed by atoms with Crippen molar-refractivity contribution in [1.82, 2.24) is 20.0 Å². The summed E-state index contributed by atoms with van der Waals surface area (Å²) >= 11 is 8.53. The lowest BCUT2D eigenvalue weighted by Crippen LogP contribution is -2.42. The average Bonchev–Trinajstić information content (AvgIpc) is 3.37. The fraction of sp³-hybridized carbons (Fsp3) is 0.435. The normalized spacial score (nSPS) is 16.1. The summed E-state index contributed by atoms with van der Waals surface area (Å²) in [5, 5.41) is 11.2. The SMILES string of the molecule is Cc1ccc(Cn2nc(C)c(CNCC(c3cccs3)N3CCOCC3)c2Cl)cc1. The van der Waals surface area contributed by atoms with E-state index in [1.807, 2.05) is 22.9 Å². The molecule has 2 aromatic heterocycles. The van der Waals surface area contributed by atoms with Gasteiger partial charge in [-0.15, -0.1) is 11.3 Å². The molecule has 1 aliphatic heterocycles. The molecule has 3 aromatic rings. The Morgan fingerprint density at radius 3 is 2.63 bits per heavy atom. The Kier molecular flexibility index (Phi) is 7.23. The second-order valence-electron chi connectivity index (χ2n) is 7.81. The molecule has 1 fully saturated rings. The second-order valence-corrected chi connectivity index (χ2v) is 9.15. The van der Waals surface area contributed by atoms with Crippen LogP contribution in [0.25, 0.3) is 0 Å². The Morgan fingerprint density at radius 1 is 1.17 bits per heavy atom. The fourth-order valence-corrected chi connectivity index (χ4v) is 5.04. The molecule has 0 saturated carbocycles. The first-order chi connectivity index (χ1) is 14.6. The highest BCUT2D eigenvalue weighted by Gasteiger charge is 2.23. The van der Waals surface area contributed by atoms with Gasteiger partial charge in [-0.05, 0) is 30.9 Å². The highest BCUT2D eigenvalue weighted by Crippen LogP contribution is 2.26. The zero-order valence-electron chi connectivity index (χ0n) is 17.6. The van der Waals surface area contributed by atoms with E-state index in [0.29, 0.717) is 19.1 Å². The first-order valence-electron chi connectivity index (χ1n) is 10.4. The minimum absolute atomic E-state index is 0.357. The maximum Gasteiger partial charge on any atom is 0.132 e. The highest BCUT2D eigenvalue weighted by atomic mass is 35.5. The van der Waals surface area contributed by atoms with E-state index in [9.17, 15) is 0 Å². The molecule has 3 heterocycles. The Hall–Kier alpha value is -1.70. The number of rotatable bonds is 8. The van der Waals surface area contributed by atoms with E-state index in [1.165, 1.54) is 16.0 Å². The van der Waals surface area contributed by atoms with E-state index in [2.05, 4.69) is 64.0 Å². The van der Waals surface area contributed by atoms with Crippen LogP contribution in [0.5, 0.6) is 0 Å². The lowest BCUT2D eigenvalue weighted by molar-refractivity contribution is 0.0168. The molecular formula is C23H29ClN4OS.